The van der Waals surface area contributed by atoms with Gasteiger partial charge in [-0.1, -0.05) is 19.8 Å². The predicted molar refractivity (Wildman–Crippen MR) is 54.4 cm³/mol. The molecular weight excluding hydrogens is 166 g/mol. The van der Waals surface area contributed by atoms with Gasteiger partial charge in [0.15, 0.2) is 6.73 Å². The summed E-state index contributed by atoms with van der Waals surface area (Å²) in [6.07, 6.45) is 3.63. The molecule has 0 amide bonds. The summed E-state index contributed by atoms with van der Waals surface area (Å²) in [5, 5.41) is 8.77. The second-order valence-electron chi connectivity index (χ2n) is 4.13. The van der Waals surface area contributed by atoms with Crippen molar-refractivity contribution in [3.05, 3.63) is 0 Å². The maximum atomic E-state index is 8.77. The molecule has 3 heteroatoms. The Labute approximate surface area is 81.9 Å². The largest absolute Gasteiger partial charge is 0.391 e. The van der Waals surface area contributed by atoms with Crippen molar-refractivity contribution in [3.8, 4) is 0 Å². The van der Waals surface area contributed by atoms with Crippen LogP contribution in [0, 0.1) is 0 Å². The summed E-state index contributed by atoms with van der Waals surface area (Å²) in [4.78, 5) is 0. The molecule has 0 saturated heterocycles. The highest BCUT2D eigenvalue weighted by Gasteiger charge is 2.12. The summed E-state index contributed by atoms with van der Waals surface area (Å²) in [6.45, 7) is 4.72. The lowest BCUT2D eigenvalue weighted by Crippen LogP contribution is -2.43. The molecule has 0 saturated carbocycles. The van der Waals surface area contributed by atoms with Gasteiger partial charge in [0.1, 0.15) is 6.54 Å². The van der Waals surface area contributed by atoms with Crippen LogP contribution in [0.2, 0.25) is 0 Å². The molecule has 0 aliphatic heterocycles. The van der Waals surface area contributed by atoms with Gasteiger partial charge in [-0.3, -0.25) is 0 Å². The van der Waals surface area contributed by atoms with E-state index in [0.29, 0.717) is 6.73 Å². The highest BCUT2D eigenvalue weighted by atomic mass is 16.5. The van der Waals surface area contributed by atoms with Crippen LogP contribution in [0.3, 0.4) is 0 Å². The predicted octanol–water partition coefficient (Wildman–Crippen LogP) is 1.22. The first-order valence-electron chi connectivity index (χ1n) is 5.13. The van der Waals surface area contributed by atoms with E-state index in [0.717, 1.165) is 24.1 Å². The molecular formula is C10H24NO2+. The lowest BCUT2D eigenvalue weighted by Gasteiger charge is -2.28. The van der Waals surface area contributed by atoms with E-state index in [1.54, 1.807) is 0 Å². The van der Waals surface area contributed by atoms with Gasteiger partial charge in [-0.15, -0.1) is 0 Å². The molecule has 0 heterocycles. The summed E-state index contributed by atoms with van der Waals surface area (Å²) in [5.74, 6) is 0. The van der Waals surface area contributed by atoms with Crippen molar-refractivity contribution in [1.82, 2.24) is 0 Å². The highest BCUT2D eigenvalue weighted by molar-refractivity contribution is 4.34. The molecule has 80 valence electrons. The third kappa shape index (κ3) is 8.22. The highest BCUT2D eigenvalue weighted by Crippen LogP contribution is 1.99. The van der Waals surface area contributed by atoms with Crippen LogP contribution in [-0.2, 0) is 4.74 Å². The molecule has 0 aromatic rings. The quantitative estimate of drug-likeness (QED) is 0.354. The van der Waals surface area contributed by atoms with Gasteiger partial charge in [0, 0.05) is 0 Å². The van der Waals surface area contributed by atoms with Crippen molar-refractivity contribution in [2.24, 2.45) is 0 Å². The van der Waals surface area contributed by atoms with Crippen molar-refractivity contribution in [1.29, 1.82) is 0 Å². The first-order valence-corrected chi connectivity index (χ1v) is 5.13. The molecule has 13 heavy (non-hydrogen) atoms. The number of quaternary nitrogens is 1. The molecule has 0 rings (SSSR count). The number of aliphatic hydroxyl groups is 1. The number of ether oxygens (including phenoxy) is 1. The fourth-order valence-corrected chi connectivity index (χ4v) is 1.10. The zero-order valence-electron chi connectivity index (χ0n) is 9.25. The minimum absolute atomic E-state index is 0.228. The Hall–Kier alpha value is -0.120. The second-order valence-corrected chi connectivity index (χ2v) is 4.13. The molecule has 0 fully saturated rings. The van der Waals surface area contributed by atoms with Gasteiger partial charge >= 0.3 is 0 Å². The van der Waals surface area contributed by atoms with Crippen LogP contribution in [0.5, 0.6) is 0 Å². The molecule has 0 spiro atoms. The van der Waals surface area contributed by atoms with E-state index in [1.165, 1.54) is 12.8 Å². The topological polar surface area (TPSA) is 29.5 Å². The van der Waals surface area contributed by atoms with Gasteiger partial charge in [-0.25, -0.2) is 0 Å². The number of aliphatic hydroxyl groups excluding tert-OH is 1. The average molecular weight is 190 g/mol. The molecule has 0 radical (unpaired) electrons. The molecule has 3 nitrogen and oxygen atoms in total. The Morgan fingerprint density at radius 2 is 1.92 bits per heavy atom. The standard InChI is InChI=1S/C10H24NO2/c1-4-5-6-9-13-10-11(2,3)7-8-12/h12H,4-10H2,1-3H3/q+1. The van der Waals surface area contributed by atoms with Gasteiger partial charge in [0.25, 0.3) is 0 Å². The summed E-state index contributed by atoms with van der Waals surface area (Å²) in [5.41, 5.74) is 0. The Morgan fingerprint density at radius 3 is 2.46 bits per heavy atom. The first-order chi connectivity index (χ1) is 6.12. The van der Waals surface area contributed by atoms with Crippen LogP contribution in [0.15, 0.2) is 0 Å². The van der Waals surface area contributed by atoms with Crippen LogP contribution in [-0.4, -0.2) is 50.2 Å². The molecule has 0 atom stereocenters. The van der Waals surface area contributed by atoms with E-state index in [4.69, 9.17) is 9.84 Å². The summed E-state index contributed by atoms with van der Waals surface area (Å²) in [7, 11) is 4.13. The average Bonchev–Trinajstić information content (AvgIpc) is 2.04. The lowest BCUT2D eigenvalue weighted by atomic mass is 10.3. The van der Waals surface area contributed by atoms with E-state index in [-0.39, 0.29) is 6.61 Å². The molecule has 0 aromatic heterocycles. The lowest BCUT2D eigenvalue weighted by molar-refractivity contribution is -0.910. The number of hydrogen-bond donors (Lipinski definition) is 1. The number of nitrogens with zero attached hydrogens (tertiary/aromatic N) is 1. The van der Waals surface area contributed by atoms with Crippen molar-refractivity contribution in [2.45, 2.75) is 26.2 Å². The Balaban J connectivity index is 3.29. The van der Waals surface area contributed by atoms with Crippen LogP contribution < -0.4 is 0 Å². The van der Waals surface area contributed by atoms with Gasteiger partial charge in [-0.2, -0.15) is 0 Å². The van der Waals surface area contributed by atoms with E-state index in [2.05, 4.69) is 21.0 Å². The molecule has 0 unspecified atom stereocenters. The van der Waals surface area contributed by atoms with E-state index in [9.17, 15) is 0 Å². The summed E-state index contributed by atoms with van der Waals surface area (Å²) in [6, 6.07) is 0. The molecule has 0 aliphatic rings. The molecule has 0 bridgehead atoms. The summed E-state index contributed by atoms with van der Waals surface area (Å²) < 4.78 is 6.25. The number of unbranched alkanes of at least 4 members (excludes halogenated alkanes) is 2. The zero-order chi connectivity index (χ0) is 10.2. The third-order valence-electron chi connectivity index (χ3n) is 2.04. The SMILES string of the molecule is CCCCCOC[N+](C)(C)CCO. The van der Waals surface area contributed by atoms with Gasteiger partial charge in [0.05, 0.1) is 27.3 Å². The smallest absolute Gasteiger partial charge is 0.182 e. The maximum Gasteiger partial charge on any atom is 0.182 e. The van der Waals surface area contributed by atoms with Gasteiger partial charge < -0.3 is 14.3 Å². The van der Waals surface area contributed by atoms with Gasteiger partial charge in [0.2, 0.25) is 0 Å². The van der Waals surface area contributed by atoms with Crippen LogP contribution in [0.4, 0.5) is 0 Å². The van der Waals surface area contributed by atoms with E-state index >= 15 is 0 Å². The monoisotopic (exact) mass is 190 g/mol. The maximum absolute atomic E-state index is 8.77. The fourth-order valence-electron chi connectivity index (χ4n) is 1.10. The van der Waals surface area contributed by atoms with Crippen molar-refractivity contribution < 1.29 is 14.3 Å². The second kappa shape index (κ2) is 7.30. The van der Waals surface area contributed by atoms with Gasteiger partial charge in [-0.05, 0) is 6.42 Å². The van der Waals surface area contributed by atoms with Crippen molar-refractivity contribution in [3.63, 3.8) is 0 Å². The Bertz CT molecular complexity index is 115. The third-order valence-corrected chi connectivity index (χ3v) is 2.04. The summed E-state index contributed by atoms with van der Waals surface area (Å²) >= 11 is 0. The number of likely N-dealkylation sites (N-methyl/N-ethyl adjacent to an activating group) is 1. The van der Waals surface area contributed by atoms with Crippen LogP contribution in [0.25, 0.3) is 0 Å². The van der Waals surface area contributed by atoms with Crippen molar-refractivity contribution >= 4 is 0 Å². The fraction of sp³-hybridized carbons (Fsp3) is 1.00. The van der Waals surface area contributed by atoms with Crippen LogP contribution in [0.1, 0.15) is 26.2 Å². The minimum atomic E-state index is 0.228. The normalized spacial score (nSPS) is 12.0. The van der Waals surface area contributed by atoms with E-state index < -0.39 is 0 Å². The Morgan fingerprint density at radius 1 is 1.23 bits per heavy atom. The minimum Gasteiger partial charge on any atom is -0.391 e. The number of hydrogen-bond acceptors (Lipinski definition) is 2. The first kappa shape index (κ1) is 12.9. The molecule has 0 aliphatic carbocycles. The Kier molecular flexibility index (Phi) is 7.23. The number of rotatable bonds is 8. The molecule has 1 N–H and O–H groups in total. The molecule has 0 aromatic carbocycles. The van der Waals surface area contributed by atoms with Crippen LogP contribution >= 0.6 is 0 Å². The van der Waals surface area contributed by atoms with E-state index in [1.807, 2.05) is 0 Å². The zero-order valence-corrected chi connectivity index (χ0v) is 9.25. The van der Waals surface area contributed by atoms with Crippen molar-refractivity contribution in [2.75, 3.05) is 40.6 Å².